The van der Waals surface area contributed by atoms with E-state index >= 15 is 0 Å². The molecule has 0 aliphatic rings. The van der Waals surface area contributed by atoms with Crippen LogP contribution in [0.3, 0.4) is 0 Å². The lowest BCUT2D eigenvalue weighted by Gasteiger charge is -2.04. The number of ketones is 1. The normalized spacial score (nSPS) is 9.88. The fourth-order valence-corrected chi connectivity index (χ4v) is 1.36. The number of carbonyl (C=O) groups is 1. The van der Waals surface area contributed by atoms with Crippen molar-refractivity contribution in [3.05, 3.63) is 33.9 Å². The van der Waals surface area contributed by atoms with Crippen molar-refractivity contribution in [3.63, 3.8) is 0 Å². The average Bonchev–Trinajstić information content (AvgIpc) is 2.25. The monoisotopic (exact) mass is 223 g/mol. The molecule has 16 heavy (non-hydrogen) atoms. The number of hydrogen-bond donors (Lipinski definition) is 0. The summed E-state index contributed by atoms with van der Waals surface area (Å²) in [4.78, 5) is 21.2. The van der Waals surface area contributed by atoms with Gasteiger partial charge in [-0.15, -0.1) is 0 Å². The highest BCUT2D eigenvalue weighted by molar-refractivity contribution is 5.75. The number of nitro benzene ring substituents is 1. The lowest BCUT2D eigenvalue weighted by molar-refractivity contribution is -0.385. The van der Waals surface area contributed by atoms with Crippen LogP contribution in [0.5, 0.6) is 5.75 Å². The van der Waals surface area contributed by atoms with Crippen LogP contribution in [0.25, 0.3) is 0 Å². The van der Waals surface area contributed by atoms with Crippen molar-refractivity contribution in [2.45, 2.75) is 19.8 Å². The molecule has 0 atom stereocenters. The Morgan fingerprint density at radius 2 is 2.19 bits per heavy atom. The first-order valence-corrected chi connectivity index (χ1v) is 4.85. The van der Waals surface area contributed by atoms with Crippen molar-refractivity contribution in [1.82, 2.24) is 0 Å². The van der Waals surface area contributed by atoms with Gasteiger partial charge in [0.25, 0.3) is 5.69 Å². The van der Waals surface area contributed by atoms with Crippen molar-refractivity contribution in [1.29, 1.82) is 0 Å². The van der Waals surface area contributed by atoms with E-state index in [0.29, 0.717) is 24.2 Å². The zero-order valence-electron chi connectivity index (χ0n) is 9.23. The minimum atomic E-state index is -0.460. The van der Waals surface area contributed by atoms with Crippen LogP contribution in [0.15, 0.2) is 18.2 Å². The maximum absolute atomic E-state index is 10.8. The number of aryl methyl sites for hydroxylation is 1. The van der Waals surface area contributed by atoms with E-state index in [1.807, 2.05) is 0 Å². The molecule has 1 aromatic carbocycles. The lowest BCUT2D eigenvalue weighted by atomic mass is 10.1. The lowest BCUT2D eigenvalue weighted by Crippen LogP contribution is -1.99. The summed E-state index contributed by atoms with van der Waals surface area (Å²) in [6.45, 7) is 1.47. The van der Waals surface area contributed by atoms with Crippen LogP contribution in [0.1, 0.15) is 18.9 Å². The second kappa shape index (κ2) is 5.25. The van der Waals surface area contributed by atoms with Crippen LogP contribution in [-0.4, -0.2) is 17.8 Å². The molecule has 5 nitrogen and oxygen atoms in total. The molecule has 0 amide bonds. The first-order valence-electron chi connectivity index (χ1n) is 4.85. The number of rotatable bonds is 5. The van der Waals surface area contributed by atoms with Gasteiger partial charge in [0, 0.05) is 12.0 Å². The van der Waals surface area contributed by atoms with Gasteiger partial charge in [-0.2, -0.15) is 0 Å². The van der Waals surface area contributed by atoms with Gasteiger partial charge in [-0.25, -0.2) is 0 Å². The second-order valence-corrected chi connectivity index (χ2v) is 3.45. The number of carbonyl (C=O) groups excluding carboxylic acids is 1. The van der Waals surface area contributed by atoms with Crippen LogP contribution < -0.4 is 4.74 Å². The third-order valence-electron chi connectivity index (χ3n) is 2.24. The first kappa shape index (κ1) is 12.2. The smallest absolute Gasteiger partial charge is 0.276 e. The van der Waals surface area contributed by atoms with E-state index in [4.69, 9.17) is 4.74 Å². The van der Waals surface area contributed by atoms with Crippen LogP contribution in [0, 0.1) is 10.1 Å². The Morgan fingerprint density at radius 1 is 1.50 bits per heavy atom. The summed E-state index contributed by atoms with van der Waals surface area (Å²) in [5.41, 5.74) is 0.557. The summed E-state index contributed by atoms with van der Waals surface area (Å²) in [5, 5.41) is 10.8. The minimum absolute atomic E-state index is 0.000556. The predicted octanol–water partition coefficient (Wildman–Crippen LogP) is 2.12. The average molecular weight is 223 g/mol. The Morgan fingerprint density at radius 3 is 2.69 bits per heavy atom. The molecular formula is C11H13NO4. The fourth-order valence-electron chi connectivity index (χ4n) is 1.36. The molecule has 0 bridgehead atoms. The molecule has 0 fully saturated rings. The summed E-state index contributed by atoms with van der Waals surface area (Å²) in [6, 6.07) is 4.65. The van der Waals surface area contributed by atoms with Gasteiger partial charge in [-0.3, -0.25) is 10.1 Å². The number of Topliss-reactive ketones (excluding diaryl/α,β-unsaturated/α-hetero) is 1. The van der Waals surface area contributed by atoms with E-state index in [0.717, 1.165) is 0 Å². The predicted molar refractivity (Wildman–Crippen MR) is 58.7 cm³/mol. The van der Waals surface area contributed by atoms with Crippen LogP contribution in [-0.2, 0) is 11.2 Å². The summed E-state index contributed by atoms with van der Waals surface area (Å²) in [5.74, 6) is 0.461. The molecule has 0 N–H and O–H groups in total. The van der Waals surface area contributed by atoms with Crippen molar-refractivity contribution in [3.8, 4) is 5.75 Å². The van der Waals surface area contributed by atoms with E-state index in [9.17, 15) is 14.9 Å². The van der Waals surface area contributed by atoms with Gasteiger partial charge in [0.2, 0.25) is 0 Å². The first-order chi connectivity index (χ1) is 7.54. The van der Waals surface area contributed by atoms with E-state index in [2.05, 4.69) is 0 Å². The number of nitro groups is 1. The van der Waals surface area contributed by atoms with Gasteiger partial charge in [-0.1, -0.05) is 0 Å². The molecular weight excluding hydrogens is 210 g/mol. The minimum Gasteiger partial charge on any atom is -0.497 e. The second-order valence-electron chi connectivity index (χ2n) is 3.45. The number of nitrogens with zero attached hydrogens (tertiary/aromatic N) is 1. The molecule has 0 saturated carbocycles. The fraction of sp³-hybridized carbons (Fsp3) is 0.364. The third-order valence-corrected chi connectivity index (χ3v) is 2.24. The Labute approximate surface area is 93.2 Å². The molecule has 0 aliphatic heterocycles. The number of methoxy groups -OCH3 is 1. The van der Waals surface area contributed by atoms with E-state index < -0.39 is 4.92 Å². The van der Waals surface area contributed by atoms with Crippen molar-refractivity contribution in [2.75, 3.05) is 7.11 Å². The van der Waals surface area contributed by atoms with Crippen LogP contribution >= 0.6 is 0 Å². The van der Waals surface area contributed by atoms with Crippen molar-refractivity contribution < 1.29 is 14.5 Å². The maximum Gasteiger partial charge on any atom is 0.276 e. The molecule has 0 unspecified atom stereocenters. The molecule has 0 aliphatic carbocycles. The van der Waals surface area contributed by atoms with Gasteiger partial charge in [0.1, 0.15) is 11.5 Å². The van der Waals surface area contributed by atoms with Gasteiger partial charge in [-0.05, 0) is 25.5 Å². The SMILES string of the molecule is COc1ccc(CCC(C)=O)c([N+](=O)[O-])c1. The Hall–Kier alpha value is -1.91. The van der Waals surface area contributed by atoms with E-state index in [1.165, 1.54) is 20.1 Å². The summed E-state index contributed by atoms with van der Waals surface area (Å²) in [7, 11) is 1.45. The van der Waals surface area contributed by atoms with Crippen molar-refractivity contribution in [2.24, 2.45) is 0 Å². The van der Waals surface area contributed by atoms with Crippen molar-refractivity contribution >= 4 is 11.5 Å². The zero-order valence-corrected chi connectivity index (χ0v) is 9.23. The molecule has 0 spiro atoms. The molecule has 5 heteroatoms. The highest BCUT2D eigenvalue weighted by Gasteiger charge is 2.15. The third kappa shape index (κ3) is 3.05. The van der Waals surface area contributed by atoms with Gasteiger partial charge in [0.15, 0.2) is 0 Å². The van der Waals surface area contributed by atoms with Crippen LogP contribution in [0.2, 0.25) is 0 Å². The molecule has 0 saturated heterocycles. The Bertz CT molecular complexity index is 414. The summed E-state index contributed by atoms with van der Waals surface area (Å²) >= 11 is 0. The molecule has 1 rings (SSSR count). The van der Waals surface area contributed by atoms with E-state index in [-0.39, 0.29) is 11.5 Å². The zero-order chi connectivity index (χ0) is 12.1. The Kier molecular flexibility index (Phi) is 3.99. The highest BCUT2D eigenvalue weighted by Crippen LogP contribution is 2.25. The highest BCUT2D eigenvalue weighted by atomic mass is 16.6. The van der Waals surface area contributed by atoms with Crippen LogP contribution in [0.4, 0.5) is 5.69 Å². The quantitative estimate of drug-likeness (QED) is 0.566. The standard InChI is InChI=1S/C11H13NO4/c1-8(13)3-4-9-5-6-10(16-2)7-11(9)12(14)15/h5-7H,3-4H2,1-2H3. The summed E-state index contributed by atoms with van der Waals surface area (Å²) < 4.78 is 4.91. The molecule has 0 radical (unpaired) electrons. The topological polar surface area (TPSA) is 69.4 Å². The summed E-state index contributed by atoms with van der Waals surface area (Å²) in [6.07, 6.45) is 0.697. The molecule has 86 valence electrons. The molecule has 0 aromatic heterocycles. The number of hydrogen-bond acceptors (Lipinski definition) is 4. The Balaban J connectivity index is 2.98. The molecule has 1 aromatic rings. The van der Waals surface area contributed by atoms with Gasteiger partial charge < -0.3 is 9.53 Å². The van der Waals surface area contributed by atoms with Gasteiger partial charge in [0.05, 0.1) is 18.1 Å². The molecule has 0 heterocycles. The maximum atomic E-state index is 10.8. The van der Waals surface area contributed by atoms with Gasteiger partial charge >= 0.3 is 0 Å². The van der Waals surface area contributed by atoms with E-state index in [1.54, 1.807) is 12.1 Å². The number of benzene rings is 1. The largest absolute Gasteiger partial charge is 0.497 e. The number of ether oxygens (including phenoxy) is 1.